The molecule has 2 aliphatic rings. The third kappa shape index (κ3) is 6.01. The summed E-state index contributed by atoms with van der Waals surface area (Å²) in [6, 6.07) is 0. The van der Waals surface area contributed by atoms with E-state index in [0.717, 1.165) is 25.7 Å². The zero-order valence-electron chi connectivity index (χ0n) is 20.5. The van der Waals surface area contributed by atoms with Crippen LogP contribution in [0.3, 0.4) is 0 Å². The highest BCUT2D eigenvalue weighted by Crippen LogP contribution is 2.42. The second-order valence-electron chi connectivity index (χ2n) is 10.9. The molecular weight excluding hydrogens is 460 g/mol. The number of carboxylic acid groups (broad SMARTS) is 1. The summed E-state index contributed by atoms with van der Waals surface area (Å²) in [6.07, 6.45) is 6.09. The maximum atomic E-state index is 12.8. The van der Waals surface area contributed by atoms with Crippen molar-refractivity contribution in [1.82, 2.24) is 9.88 Å². The van der Waals surface area contributed by atoms with Gasteiger partial charge >= 0.3 is 11.9 Å². The van der Waals surface area contributed by atoms with E-state index in [0.29, 0.717) is 50.4 Å². The number of halogens is 1. The van der Waals surface area contributed by atoms with Crippen LogP contribution in [0.4, 0.5) is 0 Å². The van der Waals surface area contributed by atoms with Crippen molar-refractivity contribution >= 4 is 35.2 Å². The number of nitrogens with one attached hydrogen (secondary N) is 1. The van der Waals surface area contributed by atoms with Gasteiger partial charge in [0.15, 0.2) is 0 Å². The Labute approximate surface area is 205 Å². The maximum Gasteiger partial charge on any atom is 0.339 e. The van der Waals surface area contributed by atoms with Gasteiger partial charge in [0.05, 0.1) is 10.6 Å². The maximum absolute atomic E-state index is 12.8. The minimum atomic E-state index is -1.19. The monoisotopic (exact) mass is 494 g/mol. The highest BCUT2D eigenvalue weighted by molar-refractivity contribution is 6.47. The number of esters is 1. The highest BCUT2D eigenvalue weighted by atomic mass is 35.5. The molecule has 34 heavy (non-hydrogen) atoms. The average molecular weight is 495 g/mol. The molecule has 0 bridgehead atoms. The number of hydrogen-bond acceptors (Lipinski definition) is 5. The van der Waals surface area contributed by atoms with Gasteiger partial charge in [0, 0.05) is 25.2 Å². The molecule has 0 saturated heterocycles. The van der Waals surface area contributed by atoms with Gasteiger partial charge in [-0.2, -0.15) is 0 Å². The van der Waals surface area contributed by atoms with E-state index in [9.17, 15) is 24.3 Å². The summed E-state index contributed by atoms with van der Waals surface area (Å²) in [5.41, 5.74) is -0.0604. The van der Waals surface area contributed by atoms with E-state index < -0.39 is 23.3 Å². The molecule has 1 aromatic heterocycles. The lowest BCUT2D eigenvalue weighted by Gasteiger charge is -2.37. The van der Waals surface area contributed by atoms with Crippen molar-refractivity contribution in [3.63, 3.8) is 0 Å². The second-order valence-corrected chi connectivity index (χ2v) is 11.3. The van der Waals surface area contributed by atoms with Crippen molar-refractivity contribution in [2.24, 2.45) is 11.3 Å². The van der Waals surface area contributed by atoms with Crippen LogP contribution in [0.1, 0.15) is 99.2 Å². The topological polar surface area (TPSA) is 115 Å². The van der Waals surface area contributed by atoms with Crippen molar-refractivity contribution < 1.29 is 29.0 Å². The van der Waals surface area contributed by atoms with Crippen LogP contribution in [-0.2, 0) is 27.3 Å². The molecular formula is C25H35ClN2O6. The van der Waals surface area contributed by atoms with E-state index in [-0.39, 0.29) is 27.7 Å². The number of carbonyl (C=O) groups is 4. The molecule has 1 aliphatic carbocycles. The fourth-order valence-corrected chi connectivity index (χ4v) is 5.48. The first-order valence-corrected chi connectivity index (χ1v) is 12.4. The summed E-state index contributed by atoms with van der Waals surface area (Å²) in [4.78, 5) is 49.1. The Morgan fingerprint density at radius 1 is 1.21 bits per heavy atom. The quantitative estimate of drug-likeness (QED) is 0.314. The molecule has 0 radical (unpaired) electrons. The fraction of sp³-hybridized carbons (Fsp3) is 0.680. The average Bonchev–Trinajstić information content (AvgIpc) is 3.27. The molecule has 8 nitrogen and oxygen atoms in total. The van der Waals surface area contributed by atoms with Gasteiger partial charge in [-0.15, -0.1) is 0 Å². The Kier molecular flexibility index (Phi) is 7.80. The van der Waals surface area contributed by atoms with Crippen LogP contribution in [0.2, 0.25) is 5.02 Å². The van der Waals surface area contributed by atoms with Crippen molar-refractivity contribution in [3.05, 3.63) is 22.0 Å². The first-order valence-electron chi connectivity index (χ1n) is 12.0. The second kappa shape index (κ2) is 10.1. The molecule has 188 valence electrons. The summed E-state index contributed by atoms with van der Waals surface area (Å²) in [6.45, 7) is 8.58. The van der Waals surface area contributed by atoms with Crippen LogP contribution in [-0.4, -0.2) is 45.4 Å². The Morgan fingerprint density at radius 2 is 1.85 bits per heavy atom. The van der Waals surface area contributed by atoms with Gasteiger partial charge in [0.25, 0.3) is 11.7 Å². The van der Waals surface area contributed by atoms with Crippen molar-refractivity contribution in [1.29, 1.82) is 0 Å². The lowest BCUT2D eigenvalue weighted by Crippen LogP contribution is -2.36. The first-order chi connectivity index (χ1) is 15.8. The molecule has 1 aromatic rings. The van der Waals surface area contributed by atoms with Crippen molar-refractivity contribution in [3.8, 4) is 0 Å². The lowest BCUT2D eigenvalue weighted by atomic mass is 9.69. The summed E-state index contributed by atoms with van der Waals surface area (Å²) < 4.78 is 7.00. The number of hydrogen-bond donors (Lipinski definition) is 2. The minimum Gasteiger partial charge on any atom is -0.478 e. The van der Waals surface area contributed by atoms with Crippen LogP contribution in [0.5, 0.6) is 0 Å². The number of Topliss-reactive ketones (excluding diaryl/α,β-unsaturated/α-hetero) is 1. The summed E-state index contributed by atoms with van der Waals surface area (Å²) in [5.74, 6) is -2.61. The number of fused-ring (bicyclic) bond motifs is 1. The van der Waals surface area contributed by atoms with Crippen LogP contribution in [0.15, 0.2) is 0 Å². The van der Waals surface area contributed by atoms with Gasteiger partial charge in [0.2, 0.25) is 0 Å². The summed E-state index contributed by atoms with van der Waals surface area (Å²) >= 11 is 6.21. The van der Waals surface area contributed by atoms with Gasteiger partial charge in [-0.3, -0.25) is 14.4 Å². The van der Waals surface area contributed by atoms with Gasteiger partial charge < -0.3 is 19.7 Å². The number of nitrogens with zero attached hydrogens (tertiary/aromatic N) is 1. The molecule has 9 heteroatoms. The Hall–Kier alpha value is -2.35. The largest absolute Gasteiger partial charge is 0.478 e. The Balaban J connectivity index is 1.50. The van der Waals surface area contributed by atoms with Gasteiger partial charge in [0.1, 0.15) is 11.3 Å². The predicted molar refractivity (Wildman–Crippen MR) is 127 cm³/mol. The molecule has 2 heterocycles. The van der Waals surface area contributed by atoms with Crippen molar-refractivity contribution in [2.45, 2.75) is 91.2 Å². The molecule has 1 aliphatic heterocycles. The molecule has 0 atom stereocenters. The number of ketones is 1. The molecule has 1 saturated carbocycles. The Bertz CT molecular complexity index is 983. The fourth-order valence-electron chi connectivity index (χ4n) is 5.10. The first kappa shape index (κ1) is 26.3. The highest BCUT2D eigenvalue weighted by Gasteiger charge is 2.35. The van der Waals surface area contributed by atoms with Crippen molar-refractivity contribution in [2.75, 3.05) is 6.54 Å². The van der Waals surface area contributed by atoms with E-state index in [4.69, 9.17) is 16.3 Å². The standard InChI is InChI=1S/C25H35ClN2O6/c1-24(2,3)34-17(29)14-15-7-9-25(4,10-8-15)11-12-27-22(31)21(30)20-19(26)18(23(32)33)16-6-5-13-28(16)20/h15H,5-14H2,1-4H3,(H,27,31)(H,32,33). The predicted octanol–water partition coefficient (Wildman–Crippen LogP) is 4.40. The van der Waals surface area contributed by atoms with Gasteiger partial charge in [-0.1, -0.05) is 18.5 Å². The third-order valence-electron chi connectivity index (χ3n) is 6.94. The number of amides is 1. The van der Waals surface area contributed by atoms with E-state index in [2.05, 4.69) is 12.2 Å². The normalized spacial score (nSPS) is 22.2. The van der Waals surface area contributed by atoms with E-state index in [1.807, 2.05) is 20.8 Å². The van der Waals surface area contributed by atoms with Crippen LogP contribution in [0.25, 0.3) is 0 Å². The van der Waals surface area contributed by atoms with Crippen LogP contribution < -0.4 is 5.32 Å². The number of ether oxygens (including phenoxy) is 1. The summed E-state index contributed by atoms with van der Waals surface area (Å²) in [7, 11) is 0. The minimum absolute atomic E-state index is 0.0190. The Morgan fingerprint density at radius 3 is 2.44 bits per heavy atom. The molecule has 2 N–H and O–H groups in total. The zero-order chi connectivity index (χ0) is 25.3. The molecule has 0 aromatic carbocycles. The van der Waals surface area contributed by atoms with Crippen LogP contribution >= 0.6 is 11.6 Å². The SMILES string of the molecule is CC1(CCNC(=O)C(=O)c2c(Cl)c(C(=O)O)c3n2CCC3)CCC(CC(=O)OC(C)(C)C)CC1. The van der Waals surface area contributed by atoms with E-state index in [1.54, 1.807) is 4.57 Å². The molecule has 0 unspecified atom stereocenters. The third-order valence-corrected chi connectivity index (χ3v) is 7.31. The molecule has 3 rings (SSSR count). The number of carbonyl (C=O) groups excluding carboxylic acids is 3. The van der Waals surface area contributed by atoms with E-state index >= 15 is 0 Å². The van der Waals surface area contributed by atoms with Crippen LogP contribution in [0, 0.1) is 11.3 Å². The zero-order valence-corrected chi connectivity index (χ0v) is 21.2. The summed E-state index contributed by atoms with van der Waals surface area (Å²) in [5, 5.41) is 12.0. The molecule has 0 spiro atoms. The molecule has 1 fully saturated rings. The number of rotatable bonds is 8. The lowest BCUT2D eigenvalue weighted by molar-refractivity contribution is -0.156. The smallest absolute Gasteiger partial charge is 0.339 e. The number of carboxylic acids is 1. The van der Waals surface area contributed by atoms with Gasteiger partial charge in [-0.05, 0) is 77.0 Å². The van der Waals surface area contributed by atoms with Gasteiger partial charge in [-0.25, -0.2) is 4.79 Å². The number of aromatic carboxylic acids is 1. The number of aromatic nitrogens is 1. The van der Waals surface area contributed by atoms with E-state index in [1.165, 1.54) is 0 Å². The molecule has 1 amide bonds.